The van der Waals surface area contributed by atoms with Crippen molar-refractivity contribution in [1.82, 2.24) is 14.9 Å². The van der Waals surface area contributed by atoms with E-state index in [9.17, 15) is 9.59 Å². The van der Waals surface area contributed by atoms with Crippen molar-refractivity contribution in [3.8, 4) is 11.4 Å². The predicted molar refractivity (Wildman–Crippen MR) is 131 cm³/mol. The number of aromatic nitrogens is 2. The van der Waals surface area contributed by atoms with Crippen molar-refractivity contribution >= 4 is 39.2 Å². The number of fused-ring (bicyclic) bond motifs is 3. The van der Waals surface area contributed by atoms with Crippen LogP contribution in [0.3, 0.4) is 0 Å². The number of thioether (sulfide) groups is 1. The van der Waals surface area contributed by atoms with Gasteiger partial charge in [-0.2, -0.15) is 0 Å². The van der Waals surface area contributed by atoms with Crippen LogP contribution in [0.2, 0.25) is 0 Å². The van der Waals surface area contributed by atoms with Crippen LogP contribution >= 0.6 is 23.1 Å². The number of carbonyl (C=O) groups is 1. The van der Waals surface area contributed by atoms with Crippen LogP contribution in [0.1, 0.15) is 36.1 Å². The van der Waals surface area contributed by atoms with Crippen LogP contribution < -0.4 is 15.6 Å². The van der Waals surface area contributed by atoms with Crippen LogP contribution in [0, 0.1) is 0 Å². The molecule has 1 aromatic carbocycles. The number of ether oxygens (including phenoxy) is 2. The molecule has 0 unspecified atom stereocenters. The summed E-state index contributed by atoms with van der Waals surface area (Å²) >= 11 is 2.92. The van der Waals surface area contributed by atoms with Gasteiger partial charge in [-0.05, 0) is 68.4 Å². The van der Waals surface area contributed by atoms with Gasteiger partial charge < -0.3 is 14.8 Å². The van der Waals surface area contributed by atoms with Gasteiger partial charge >= 0.3 is 0 Å². The molecule has 174 valence electrons. The van der Waals surface area contributed by atoms with Gasteiger partial charge in [-0.3, -0.25) is 14.2 Å². The molecule has 3 aromatic rings. The highest BCUT2D eigenvalue weighted by Gasteiger charge is 2.23. The van der Waals surface area contributed by atoms with Crippen molar-refractivity contribution in [3.05, 3.63) is 45.1 Å². The highest BCUT2D eigenvalue weighted by molar-refractivity contribution is 7.99. The molecule has 1 atom stereocenters. The molecule has 9 heteroatoms. The summed E-state index contributed by atoms with van der Waals surface area (Å²) in [5.74, 6) is 0.819. The van der Waals surface area contributed by atoms with E-state index in [1.807, 2.05) is 24.3 Å². The lowest BCUT2D eigenvalue weighted by molar-refractivity contribution is -0.119. The molecule has 0 bridgehead atoms. The van der Waals surface area contributed by atoms with E-state index in [1.165, 1.54) is 16.6 Å². The highest BCUT2D eigenvalue weighted by atomic mass is 32.2. The van der Waals surface area contributed by atoms with E-state index in [2.05, 4.69) is 5.32 Å². The minimum absolute atomic E-state index is 0.0631. The summed E-state index contributed by atoms with van der Waals surface area (Å²) in [5.41, 5.74) is 1.81. The Bertz CT molecular complexity index is 1210. The van der Waals surface area contributed by atoms with Crippen LogP contribution in [0.5, 0.6) is 5.75 Å². The number of amides is 1. The Morgan fingerprint density at radius 1 is 1.27 bits per heavy atom. The molecule has 2 aromatic heterocycles. The Hall–Kier alpha value is -2.36. The number of hydrogen-bond donors (Lipinski definition) is 1. The summed E-state index contributed by atoms with van der Waals surface area (Å²) in [5, 5.41) is 4.21. The molecule has 2 aliphatic rings. The van der Waals surface area contributed by atoms with E-state index in [4.69, 9.17) is 14.5 Å². The van der Waals surface area contributed by atoms with Crippen LogP contribution in [-0.4, -0.2) is 47.6 Å². The quantitative estimate of drug-likeness (QED) is 0.406. The minimum Gasteiger partial charge on any atom is -0.497 e. The van der Waals surface area contributed by atoms with Crippen molar-refractivity contribution in [2.75, 3.05) is 26.0 Å². The van der Waals surface area contributed by atoms with Gasteiger partial charge in [0.05, 0.1) is 30.0 Å². The third-order valence-corrected chi connectivity index (χ3v) is 8.30. The Morgan fingerprint density at radius 2 is 2.09 bits per heavy atom. The molecule has 1 N–H and O–H groups in total. The van der Waals surface area contributed by atoms with E-state index < -0.39 is 0 Å². The van der Waals surface area contributed by atoms with E-state index >= 15 is 0 Å². The van der Waals surface area contributed by atoms with E-state index in [0.717, 1.165) is 66.7 Å². The van der Waals surface area contributed by atoms with Gasteiger partial charge in [-0.15, -0.1) is 11.3 Å². The monoisotopic (exact) mass is 485 g/mol. The number of nitrogens with one attached hydrogen (secondary N) is 1. The van der Waals surface area contributed by atoms with Gasteiger partial charge in [0.1, 0.15) is 10.6 Å². The van der Waals surface area contributed by atoms with Crippen molar-refractivity contribution in [2.24, 2.45) is 0 Å². The Morgan fingerprint density at radius 3 is 2.85 bits per heavy atom. The molecule has 0 saturated carbocycles. The number of aryl methyl sites for hydroxylation is 2. The molecular weight excluding hydrogens is 458 g/mol. The van der Waals surface area contributed by atoms with Crippen LogP contribution in [0.15, 0.2) is 34.2 Å². The topological polar surface area (TPSA) is 82.4 Å². The summed E-state index contributed by atoms with van der Waals surface area (Å²) in [4.78, 5) is 33.2. The largest absolute Gasteiger partial charge is 0.497 e. The van der Waals surface area contributed by atoms with Crippen LogP contribution in [0.4, 0.5) is 0 Å². The lowest BCUT2D eigenvalue weighted by atomic mass is 9.97. The van der Waals surface area contributed by atoms with Gasteiger partial charge in [-0.1, -0.05) is 11.8 Å². The zero-order chi connectivity index (χ0) is 22.8. The summed E-state index contributed by atoms with van der Waals surface area (Å²) in [6.07, 6.45) is 6.30. The first kappa shape index (κ1) is 22.4. The standard InChI is InChI=1S/C24H27N3O4S2/c1-30-16-10-8-15(9-11-16)27-23(29)21-18-6-2-3-7-19(18)33-22(21)26-24(27)32-14-20(28)25-13-17-5-4-12-31-17/h8-11,17H,2-7,12-14H2,1H3,(H,25,28)/t17-/m0/s1. The van der Waals surface area contributed by atoms with Gasteiger partial charge in [0.2, 0.25) is 5.91 Å². The molecule has 0 radical (unpaired) electrons. The number of rotatable bonds is 7. The Kier molecular flexibility index (Phi) is 6.71. The normalized spacial score (nSPS) is 17.8. The molecule has 0 spiro atoms. The number of methoxy groups -OCH3 is 1. The molecule has 1 aliphatic carbocycles. The van der Waals surface area contributed by atoms with E-state index in [-0.39, 0.29) is 23.3 Å². The third-order valence-electron chi connectivity index (χ3n) is 6.17. The molecule has 7 nitrogen and oxygen atoms in total. The van der Waals surface area contributed by atoms with Gasteiger partial charge in [0.15, 0.2) is 5.16 Å². The maximum atomic E-state index is 13.7. The maximum Gasteiger partial charge on any atom is 0.267 e. The minimum atomic E-state index is -0.0865. The first-order valence-electron chi connectivity index (χ1n) is 11.4. The fourth-order valence-corrected chi connectivity index (χ4v) is 6.60. The summed E-state index contributed by atoms with van der Waals surface area (Å²) in [6, 6.07) is 7.37. The van der Waals surface area contributed by atoms with E-state index in [1.54, 1.807) is 23.0 Å². The lowest BCUT2D eigenvalue weighted by Gasteiger charge is -2.14. The first-order chi connectivity index (χ1) is 16.1. The van der Waals surface area contributed by atoms with Gasteiger partial charge in [0.25, 0.3) is 5.56 Å². The molecule has 1 amide bonds. The second-order valence-corrected chi connectivity index (χ2v) is 10.4. The summed E-state index contributed by atoms with van der Waals surface area (Å²) in [7, 11) is 1.61. The molecular formula is C24H27N3O4S2. The van der Waals surface area contributed by atoms with Crippen LogP contribution in [-0.2, 0) is 22.4 Å². The number of carbonyl (C=O) groups excluding carboxylic acids is 1. The fraction of sp³-hybridized carbons (Fsp3) is 0.458. The smallest absolute Gasteiger partial charge is 0.267 e. The lowest BCUT2D eigenvalue weighted by Crippen LogP contribution is -2.33. The van der Waals surface area contributed by atoms with E-state index in [0.29, 0.717) is 17.4 Å². The number of thiophene rings is 1. The van der Waals surface area contributed by atoms with Crippen molar-refractivity contribution in [3.63, 3.8) is 0 Å². The zero-order valence-corrected chi connectivity index (χ0v) is 20.2. The highest BCUT2D eigenvalue weighted by Crippen LogP contribution is 2.35. The fourth-order valence-electron chi connectivity index (χ4n) is 4.46. The predicted octanol–water partition coefficient (Wildman–Crippen LogP) is 3.72. The maximum absolute atomic E-state index is 13.7. The second-order valence-electron chi connectivity index (χ2n) is 8.35. The van der Waals surface area contributed by atoms with Crippen LogP contribution in [0.25, 0.3) is 15.9 Å². The average Bonchev–Trinajstić information content (AvgIpc) is 3.49. The molecule has 1 fully saturated rings. The Labute approximate surface area is 200 Å². The summed E-state index contributed by atoms with van der Waals surface area (Å²) in [6.45, 7) is 1.28. The van der Waals surface area contributed by atoms with Crippen molar-refractivity contribution in [1.29, 1.82) is 0 Å². The molecule has 5 rings (SSSR count). The molecule has 3 heterocycles. The second kappa shape index (κ2) is 9.87. The molecule has 1 saturated heterocycles. The first-order valence-corrected chi connectivity index (χ1v) is 13.2. The number of nitrogens with zero attached hydrogens (tertiary/aromatic N) is 2. The van der Waals surface area contributed by atoms with Gasteiger partial charge in [0, 0.05) is 18.0 Å². The number of benzene rings is 1. The van der Waals surface area contributed by atoms with Gasteiger partial charge in [-0.25, -0.2) is 4.98 Å². The molecule has 1 aliphatic heterocycles. The van der Waals surface area contributed by atoms with Crippen molar-refractivity contribution < 1.29 is 14.3 Å². The van der Waals surface area contributed by atoms with Crippen molar-refractivity contribution in [2.45, 2.75) is 49.8 Å². The Balaban J connectivity index is 1.47. The third kappa shape index (κ3) is 4.67. The zero-order valence-electron chi connectivity index (χ0n) is 18.6. The molecule has 33 heavy (non-hydrogen) atoms. The SMILES string of the molecule is COc1ccc(-n2c(SCC(=O)NC[C@@H]3CCCO3)nc3sc4c(c3c2=O)CCCC4)cc1. The average molecular weight is 486 g/mol. The summed E-state index contributed by atoms with van der Waals surface area (Å²) < 4.78 is 12.5. The number of hydrogen-bond acceptors (Lipinski definition) is 7.